The number of hydrogen-bond donors (Lipinski definition) is 0. The van der Waals surface area contributed by atoms with E-state index in [4.69, 9.17) is 0 Å². The van der Waals surface area contributed by atoms with E-state index in [1.165, 1.54) is 56.0 Å². The molecule has 0 bridgehead atoms. The summed E-state index contributed by atoms with van der Waals surface area (Å²) in [6, 6.07) is 0. The Morgan fingerprint density at radius 3 is 1.54 bits per heavy atom. The summed E-state index contributed by atoms with van der Waals surface area (Å²) < 4.78 is 0. The molecule has 0 spiro atoms. The van der Waals surface area contributed by atoms with E-state index in [1.54, 1.807) is 42.0 Å². The van der Waals surface area contributed by atoms with Crippen molar-refractivity contribution in [2.24, 2.45) is 20.0 Å². The normalized spacial score (nSPS) is 21.0. The van der Waals surface area contributed by atoms with Crippen LogP contribution in [0.5, 0.6) is 0 Å². The predicted octanol–water partition coefficient (Wildman–Crippen LogP) is 2.76. The van der Waals surface area contributed by atoms with E-state index >= 15 is 0 Å². The molecule has 0 radical (unpaired) electrons. The molecule has 2 aromatic rings. The fraction of sp³-hybridized carbons (Fsp3) is 0.333. The van der Waals surface area contributed by atoms with Crippen molar-refractivity contribution in [1.82, 2.24) is 19.8 Å². The lowest BCUT2D eigenvalue weighted by Crippen LogP contribution is -2.24. The highest BCUT2D eigenvalue weighted by Crippen LogP contribution is 2.34. The van der Waals surface area contributed by atoms with Crippen LogP contribution in [-0.2, 0) is 6.42 Å². The number of rotatable bonds is 6. The zero-order valence-corrected chi connectivity index (χ0v) is 23.2. The molecular weight excluding hydrogens is 525 g/mol. The molecule has 0 aromatic carbocycles. The predicted molar refractivity (Wildman–Crippen MR) is 144 cm³/mol. The molecule has 0 unspecified atom stereocenters. The first-order chi connectivity index (χ1) is 16.6. The van der Waals surface area contributed by atoms with Gasteiger partial charge in [0.15, 0.2) is 10.3 Å². The first-order valence-corrected chi connectivity index (χ1v) is 13.7. The first kappa shape index (κ1) is 25.4. The fourth-order valence-electron chi connectivity index (χ4n) is 2.87. The molecule has 0 aliphatic carbocycles. The summed E-state index contributed by atoms with van der Waals surface area (Å²) >= 11 is 5.35. The highest BCUT2D eigenvalue weighted by atomic mass is 32.2. The van der Waals surface area contributed by atoms with E-state index in [2.05, 4.69) is 29.9 Å². The zero-order valence-electron chi connectivity index (χ0n) is 19.9. The Kier molecular flexibility index (Phi) is 7.64. The summed E-state index contributed by atoms with van der Waals surface area (Å²) in [5.74, 6) is -0.168. The van der Waals surface area contributed by atoms with E-state index in [-0.39, 0.29) is 11.8 Å². The zero-order chi connectivity index (χ0) is 25.3. The van der Waals surface area contributed by atoms with Gasteiger partial charge in [0.05, 0.1) is 22.8 Å². The van der Waals surface area contributed by atoms with Crippen molar-refractivity contribution >= 4 is 78.2 Å². The number of thiazole rings is 2. The van der Waals surface area contributed by atoms with Crippen LogP contribution in [-0.4, -0.2) is 69.7 Å². The lowest BCUT2D eigenvalue weighted by molar-refractivity contribution is -0.329. The van der Waals surface area contributed by atoms with Gasteiger partial charge in [-0.05, 0) is 49.1 Å². The van der Waals surface area contributed by atoms with Gasteiger partial charge in [0, 0.05) is 55.2 Å². The largest absolute Gasteiger partial charge is 0.860 e. The third-order valence-corrected chi connectivity index (χ3v) is 8.24. The Morgan fingerprint density at radius 2 is 1.17 bits per heavy atom. The van der Waals surface area contributed by atoms with Crippen molar-refractivity contribution < 1.29 is 10.2 Å². The maximum Gasteiger partial charge on any atom is 0.211 e. The van der Waals surface area contributed by atoms with E-state index < -0.39 is 0 Å². The van der Waals surface area contributed by atoms with Crippen LogP contribution in [0.3, 0.4) is 0 Å². The van der Waals surface area contributed by atoms with Gasteiger partial charge in [0.1, 0.15) is 0 Å². The summed E-state index contributed by atoms with van der Waals surface area (Å²) in [5, 5.41) is 30.5. The van der Waals surface area contributed by atoms with Crippen LogP contribution in [0.25, 0.3) is 0 Å². The Bertz CT molecular complexity index is 1230. The standard InChI is InChI=1S/C21H24N8O2S4/c1-10-14(16(30)28(3)4)34-20(22-10)26-18-24-12(8-32-18)7-13-9-33-19(25-13)27-21-23-11(2)15(35-21)17(31)29(5)6/h8-9,30-31H,7H2,1-6H3/p-2. The van der Waals surface area contributed by atoms with Crippen molar-refractivity contribution in [3.63, 3.8) is 0 Å². The average Bonchev–Trinajstić information content (AvgIpc) is 3.57. The number of aliphatic imine (C=N–C) groups is 4. The van der Waals surface area contributed by atoms with Gasteiger partial charge >= 0.3 is 0 Å². The minimum Gasteiger partial charge on any atom is -0.860 e. The second kappa shape index (κ2) is 10.5. The van der Waals surface area contributed by atoms with Gasteiger partial charge in [-0.25, -0.2) is 20.0 Å². The van der Waals surface area contributed by atoms with Gasteiger partial charge in [0.25, 0.3) is 0 Å². The summed E-state index contributed by atoms with van der Waals surface area (Å²) in [6.07, 6.45) is 0.542. The molecule has 184 valence electrons. The topological polar surface area (TPSA) is 128 Å². The Morgan fingerprint density at radius 1 is 0.771 bits per heavy atom. The van der Waals surface area contributed by atoms with Crippen LogP contribution in [0.15, 0.2) is 52.3 Å². The Labute approximate surface area is 219 Å². The highest BCUT2D eigenvalue weighted by molar-refractivity contribution is 8.18. The molecule has 0 fully saturated rings. The minimum absolute atomic E-state index is 0.0838. The third kappa shape index (κ3) is 5.94. The number of aromatic nitrogens is 2. The van der Waals surface area contributed by atoms with Crippen LogP contribution in [0.1, 0.15) is 25.2 Å². The summed E-state index contributed by atoms with van der Waals surface area (Å²) in [5.41, 5.74) is 3.01. The van der Waals surface area contributed by atoms with Gasteiger partial charge in [0.2, 0.25) is 10.3 Å². The first-order valence-electron chi connectivity index (χ1n) is 10.3. The molecule has 0 saturated heterocycles. The van der Waals surface area contributed by atoms with Crippen LogP contribution in [0.2, 0.25) is 0 Å². The SMILES string of the molecule is CC1=NC(=Nc2nc(Cc3csc(N=C4N=C(C)C(=C([O-])N(C)C)S4)n3)cs2)SC1=C([O-])N(C)C. The maximum absolute atomic E-state index is 12.2. The molecule has 35 heavy (non-hydrogen) atoms. The van der Waals surface area contributed by atoms with Gasteiger partial charge in [-0.3, -0.25) is 0 Å². The van der Waals surface area contributed by atoms with Gasteiger partial charge in [-0.2, -0.15) is 9.98 Å². The third-order valence-electron chi connectivity index (χ3n) is 4.60. The maximum atomic E-state index is 12.2. The molecule has 0 atom stereocenters. The fourth-order valence-corrected chi connectivity index (χ4v) is 6.28. The molecule has 0 saturated carbocycles. The molecule has 2 aliphatic heterocycles. The number of amidine groups is 2. The molecular formula is C21H22N8O2S4-2. The van der Waals surface area contributed by atoms with Gasteiger partial charge in [-0.1, -0.05) is 0 Å². The summed E-state index contributed by atoms with van der Waals surface area (Å²) in [6.45, 7) is 3.61. The molecule has 2 aromatic heterocycles. The van der Waals surface area contributed by atoms with E-state index in [0.29, 0.717) is 48.3 Å². The summed E-state index contributed by atoms with van der Waals surface area (Å²) in [4.78, 5) is 31.1. The van der Waals surface area contributed by atoms with Crippen LogP contribution in [0, 0.1) is 0 Å². The average molecular weight is 547 g/mol. The molecule has 0 N–H and O–H groups in total. The molecule has 2 aliphatic rings. The van der Waals surface area contributed by atoms with Crippen molar-refractivity contribution in [3.8, 4) is 0 Å². The van der Waals surface area contributed by atoms with E-state index in [0.717, 1.165) is 11.4 Å². The van der Waals surface area contributed by atoms with Crippen molar-refractivity contribution in [1.29, 1.82) is 0 Å². The molecule has 4 rings (SSSR count). The number of thioether (sulfide) groups is 2. The number of allylic oxidation sites excluding steroid dienone is 2. The van der Waals surface area contributed by atoms with Crippen molar-refractivity contribution in [3.05, 3.63) is 43.7 Å². The highest BCUT2D eigenvalue weighted by Gasteiger charge is 2.20. The number of hydrogen-bond acceptors (Lipinski definition) is 12. The Balaban J connectivity index is 1.43. The minimum atomic E-state index is -0.0838. The molecule has 4 heterocycles. The molecule has 14 heteroatoms. The quantitative estimate of drug-likeness (QED) is 0.506. The monoisotopic (exact) mass is 546 g/mol. The van der Waals surface area contributed by atoms with E-state index in [9.17, 15) is 10.2 Å². The van der Waals surface area contributed by atoms with Crippen LogP contribution < -0.4 is 10.2 Å². The van der Waals surface area contributed by atoms with Crippen molar-refractivity contribution in [2.75, 3.05) is 28.2 Å². The Hall–Kier alpha value is -2.68. The van der Waals surface area contributed by atoms with Crippen molar-refractivity contribution in [2.45, 2.75) is 20.3 Å². The van der Waals surface area contributed by atoms with Crippen LogP contribution in [0.4, 0.5) is 10.3 Å². The lowest BCUT2D eigenvalue weighted by Gasteiger charge is -2.24. The number of nitrogens with zero attached hydrogens (tertiary/aromatic N) is 8. The summed E-state index contributed by atoms with van der Waals surface area (Å²) in [7, 11) is 6.85. The lowest BCUT2D eigenvalue weighted by atomic mass is 10.3. The second-order valence-corrected chi connectivity index (χ2v) is 11.5. The smallest absolute Gasteiger partial charge is 0.211 e. The molecule has 10 nitrogen and oxygen atoms in total. The van der Waals surface area contributed by atoms with Gasteiger partial charge in [-0.15, -0.1) is 22.7 Å². The van der Waals surface area contributed by atoms with E-state index in [1.807, 2.05) is 10.8 Å². The second-order valence-electron chi connectivity index (χ2n) is 7.86. The van der Waals surface area contributed by atoms with Crippen LogP contribution >= 0.6 is 46.2 Å². The van der Waals surface area contributed by atoms with Gasteiger partial charge < -0.3 is 20.0 Å². The molecule has 0 amide bonds.